The highest BCUT2D eigenvalue weighted by atomic mass is 32.1. The van der Waals surface area contributed by atoms with Crippen molar-refractivity contribution in [3.8, 4) is 0 Å². The monoisotopic (exact) mass is 298 g/mol. The standard InChI is InChI=1S/C16H14N2O2S/c19-16(20)15(18-10-12-6-3-9-21-12)13-7-1-4-11-5-2-8-17-14(11)13/h1-9,15,18H,10H2,(H,19,20). The lowest BCUT2D eigenvalue weighted by molar-refractivity contribution is -0.139. The Morgan fingerprint density at radius 1 is 1.24 bits per heavy atom. The Bertz CT molecular complexity index is 751. The number of fused-ring (bicyclic) bond motifs is 1. The molecule has 0 saturated heterocycles. The molecule has 0 aliphatic rings. The fraction of sp³-hybridized carbons (Fsp3) is 0.125. The molecule has 0 spiro atoms. The van der Waals surface area contributed by atoms with Crippen molar-refractivity contribution in [2.75, 3.05) is 0 Å². The predicted molar refractivity (Wildman–Crippen MR) is 83.3 cm³/mol. The van der Waals surface area contributed by atoms with Gasteiger partial charge in [-0.05, 0) is 17.5 Å². The highest BCUT2D eigenvalue weighted by Crippen LogP contribution is 2.23. The van der Waals surface area contributed by atoms with Crippen molar-refractivity contribution in [1.82, 2.24) is 10.3 Å². The van der Waals surface area contributed by atoms with E-state index in [1.54, 1.807) is 17.5 Å². The Hall–Kier alpha value is -2.24. The van der Waals surface area contributed by atoms with E-state index < -0.39 is 12.0 Å². The number of pyridine rings is 1. The van der Waals surface area contributed by atoms with Crippen LogP contribution in [0.3, 0.4) is 0 Å². The molecule has 5 heteroatoms. The molecule has 2 aromatic heterocycles. The molecular formula is C16H14N2O2S. The van der Waals surface area contributed by atoms with Gasteiger partial charge >= 0.3 is 5.97 Å². The first-order valence-corrected chi connectivity index (χ1v) is 7.46. The molecule has 2 heterocycles. The smallest absolute Gasteiger partial charge is 0.325 e. The van der Waals surface area contributed by atoms with Gasteiger partial charge in [0.25, 0.3) is 0 Å². The largest absolute Gasteiger partial charge is 0.480 e. The number of carboxylic acid groups (broad SMARTS) is 1. The van der Waals surface area contributed by atoms with Crippen LogP contribution in [-0.4, -0.2) is 16.1 Å². The molecule has 0 bridgehead atoms. The first-order chi connectivity index (χ1) is 10.3. The predicted octanol–water partition coefficient (Wildman–Crippen LogP) is 3.21. The molecule has 1 unspecified atom stereocenters. The number of carbonyl (C=O) groups is 1. The number of hydrogen-bond donors (Lipinski definition) is 2. The van der Waals surface area contributed by atoms with Gasteiger partial charge in [-0.2, -0.15) is 0 Å². The Balaban J connectivity index is 1.94. The van der Waals surface area contributed by atoms with E-state index >= 15 is 0 Å². The summed E-state index contributed by atoms with van der Waals surface area (Å²) in [4.78, 5) is 17.1. The van der Waals surface area contributed by atoms with Crippen molar-refractivity contribution in [3.63, 3.8) is 0 Å². The van der Waals surface area contributed by atoms with Gasteiger partial charge in [0.15, 0.2) is 0 Å². The molecule has 1 atom stereocenters. The van der Waals surface area contributed by atoms with E-state index in [9.17, 15) is 9.90 Å². The fourth-order valence-corrected chi connectivity index (χ4v) is 2.96. The Morgan fingerprint density at radius 3 is 2.86 bits per heavy atom. The maximum Gasteiger partial charge on any atom is 0.325 e. The summed E-state index contributed by atoms with van der Waals surface area (Å²) in [6.07, 6.45) is 1.68. The molecule has 4 nitrogen and oxygen atoms in total. The average molecular weight is 298 g/mol. The molecule has 0 aliphatic carbocycles. The lowest BCUT2D eigenvalue weighted by Crippen LogP contribution is -2.28. The summed E-state index contributed by atoms with van der Waals surface area (Å²) in [5, 5.41) is 15.6. The number of nitrogens with one attached hydrogen (secondary N) is 1. The minimum Gasteiger partial charge on any atom is -0.480 e. The van der Waals surface area contributed by atoms with E-state index in [2.05, 4.69) is 10.3 Å². The molecule has 21 heavy (non-hydrogen) atoms. The first kappa shape index (κ1) is 13.7. The molecule has 106 valence electrons. The van der Waals surface area contributed by atoms with Gasteiger partial charge in [0.05, 0.1) is 5.52 Å². The van der Waals surface area contributed by atoms with Gasteiger partial charge in [-0.1, -0.05) is 30.3 Å². The van der Waals surface area contributed by atoms with Crippen molar-refractivity contribution >= 4 is 28.2 Å². The SMILES string of the molecule is O=C(O)C(NCc1cccs1)c1cccc2cccnc12. The van der Waals surface area contributed by atoms with E-state index in [1.165, 1.54) is 0 Å². The van der Waals surface area contributed by atoms with E-state index in [4.69, 9.17) is 0 Å². The van der Waals surface area contributed by atoms with Crippen LogP contribution in [0.5, 0.6) is 0 Å². The zero-order valence-corrected chi connectivity index (χ0v) is 12.0. The number of nitrogens with zero attached hydrogens (tertiary/aromatic N) is 1. The number of carboxylic acids is 1. The summed E-state index contributed by atoms with van der Waals surface area (Å²) < 4.78 is 0. The van der Waals surface area contributed by atoms with Gasteiger partial charge in [-0.15, -0.1) is 11.3 Å². The van der Waals surface area contributed by atoms with Crippen molar-refractivity contribution < 1.29 is 9.90 Å². The van der Waals surface area contributed by atoms with Crippen LogP contribution in [0.4, 0.5) is 0 Å². The molecule has 0 saturated carbocycles. The number of benzene rings is 1. The first-order valence-electron chi connectivity index (χ1n) is 6.58. The second-order valence-corrected chi connectivity index (χ2v) is 5.69. The Morgan fingerprint density at radius 2 is 2.10 bits per heavy atom. The quantitative estimate of drug-likeness (QED) is 0.759. The number of thiophene rings is 1. The lowest BCUT2D eigenvalue weighted by Gasteiger charge is -2.16. The average Bonchev–Trinajstić information content (AvgIpc) is 3.01. The van der Waals surface area contributed by atoms with Gasteiger partial charge < -0.3 is 5.11 Å². The van der Waals surface area contributed by atoms with Crippen LogP contribution in [0.1, 0.15) is 16.5 Å². The fourth-order valence-electron chi connectivity index (χ4n) is 2.31. The number of aliphatic carboxylic acids is 1. The van der Waals surface area contributed by atoms with Gasteiger partial charge in [-0.25, -0.2) is 0 Å². The molecule has 0 aliphatic heterocycles. The minimum atomic E-state index is -0.898. The summed E-state index contributed by atoms with van der Waals surface area (Å²) in [5.41, 5.74) is 1.42. The Labute approximate surface area is 126 Å². The highest BCUT2D eigenvalue weighted by molar-refractivity contribution is 7.09. The van der Waals surface area contributed by atoms with Crippen molar-refractivity contribution in [2.24, 2.45) is 0 Å². The van der Waals surface area contributed by atoms with Crippen LogP contribution < -0.4 is 5.32 Å². The van der Waals surface area contributed by atoms with E-state index in [1.807, 2.05) is 47.8 Å². The van der Waals surface area contributed by atoms with Crippen LogP contribution in [-0.2, 0) is 11.3 Å². The second-order valence-electron chi connectivity index (χ2n) is 4.65. The summed E-state index contributed by atoms with van der Waals surface area (Å²) in [6, 6.07) is 12.6. The molecular weight excluding hydrogens is 284 g/mol. The zero-order chi connectivity index (χ0) is 14.7. The third kappa shape index (κ3) is 2.94. The summed E-state index contributed by atoms with van der Waals surface area (Å²) in [6.45, 7) is 0.526. The molecule has 0 amide bonds. The van der Waals surface area contributed by atoms with Crippen LogP contribution in [0.2, 0.25) is 0 Å². The number of aromatic nitrogens is 1. The van der Waals surface area contributed by atoms with Crippen molar-refractivity contribution in [2.45, 2.75) is 12.6 Å². The number of hydrogen-bond acceptors (Lipinski definition) is 4. The van der Waals surface area contributed by atoms with Gasteiger partial charge in [0, 0.05) is 28.6 Å². The molecule has 3 aromatic rings. The van der Waals surface area contributed by atoms with Crippen LogP contribution >= 0.6 is 11.3 Å². The van der Waals surface area contributed by atoms with Crippen molar-refractivity contribution in [1.29, 1.82) is 0 Å². The third-order valence-corrected chi connectivity index (χ3v) is 4.16. The molecule has 0 fully saturated rings. The van der Waals surface area contributed by atoms with Crippen LogP contribution in [0.25, 0.3) is 10.9 Å². The minimum absolute atomic E-state index is 0.526. The van der Waals surface area contributed by atoms with Gasteiger partial charge in [0.2, 0.25) is 0 Å². The highest BCUT2D eigenvalue weighted by Gasteiger charge is 2.21. The summed E-state index contributed by atoms with van der Waals surface area (Å²) in [7, 11) is 0. The molecule has 0 radical (unpaired) electrons. The van der Waals surface area contributed by atoms with E-state index in [0.29, 0.717) is 12.1 Å². The molecule has 3 rings (SSSR count). The van der Waals surface area contributed by atoms with E-state index in [-0.39, 0.29) is 0 Å². The third-order valence-electron chi connectivity index (χ3n) is 3.28. The summed E-state index contributed by atoms with van der Waals surface area (Å²) >= 11 is 1.60. The molecule has 1 aromatic carbocycles. The van der Waals surface area contributed by atoms with Gasteiger partial charge in [-0.3, -0.25) is 15.1 Å². The maximum absolute atomic E-state index is 11.6. The topological polar surface area (TPSA) is 62.2 Å². The lowest BCUT2D eigenvalue weighted by atomic mass is 10.0. The second kappa shape index (κ2) is 6.03. The zero-order valence-electron chi connectivity index (χ0n) is 11.2. The maximum atomic E-state index is 11.6. The number of para-hydroxylation sites is 1. The van der Waals surface area contributed by atoms with Crippen LogP contribution in [0, 0.1) is 0 Å². The number of rotatable bonds is 5. The van der Waals surface area contributed by atoms with Crippen molar-refractivity contribution in [3.05, 3.63) is 64.5 Å². The van der Waals surface area contributed by atoms with E-state index in [0.717, 1.165) is 15.8 Å². The van der Waals surface area contributed by atoms with Gasteiger partial charge in [0.1, 0.15) is 6.04 Å². The molecule has 2 N–H and O–H groups in total. The normalized spacial score (nSPS) is 12.4. The Kier molecular flexibility index (Phi) is 3.94. The van der Waals surface area contributed by atoms with Crippen LogP contribution in [0.15, 0.2) is 54.0 Å². The summed E-state index contributed by atoms with van der Waals surface area (Å²) in [5.74, 6) is -0.898.